The predicted molar refractivity (Wildman–Crippen MR) is 148 cm³/mol. The lowest BCUT2D eigenvalue weighted by Crippen LogP contribution is -2.26. The largest absolute Gasteiger partial charge is 0.439 e. The van der Waals surface area contributed by atoms with Gasteiger partial charge in [-0.25, -0.2) is 8.42 Å². The van der Waals surface area contributed by atoms with E-state index in [4.69, 9.17) is 9.05 Å². The van der Waals surface area contributed by atoms with Crippen LogP contribution >= 0.6 is 14.7 Å². The van der Waals surface area contributed by atoms with Gasteiger partial charge < -0.3 is 9.05 Å². The number of hydrogen-bond acceptors (Lipinski definition) is 6. The van der Waals surface area contributed by atoms with Gasteiger partial charge in [0.15, 0.2) is 9.84 Å². The third kappa shape index (κ3) is 4.35. The molecule has 2 unspecified atom stereocenters. The van der Waals surface area contributed by atoms with Crippen LogP contribution in [-0.4, -0.2) is 32.2 Å². The van der Waals surface area contributed by atoms with Crippen molar-refractivity contribution in [3.05, 3.63) is 97.1 Å². The lowest BCUT2D eigenvalue weighted by Gasteiger charge is -2.29. The van der Waals surface area contributed by atoms with Gasteiger partial charge in [-0.1, -0.05) is 72.8 Å². The second-order valence-electron chi connectivity index (χ2n) is 9.16. The molecule has 0 saturated heterocycles. The molecule has 0 radical (unpaired) electrons. The van der Waals surface area contributed by atoms with Crippen LogP contribution in [0.15, 0.2) is 97.1 Å². The predicted octanol–water partition coefficient (Wildman–Crippen LogP) is 5.73. The minimum Gasteiger partial charge on any atom is -0.439 e. The van der Waals surface area contributed by atoms with Crippen LogP contribution in [-0.2, 0) is 19.0 Å². The van der Waals surface area contributed by atoms with Gasteiger partial charge in [0.2, 0.25) is 0 Å². The molecule has 4 aromatic rings. The summed E-state index contributed by atoms with van der Waals surface area (Å²) < 4.78 is 66.2. The highest BCUT2D eigenvalue weighted by atomic mass is 32.2. The molecule has 2 atom stereocenters. The van der Waals surface area contributed by atoms with Gasteiger partial charge in [0.05, 0.1) is 34.4 Å². The lowest BCUT2D eigenvalue weighted by molar-refractivity contribution is 0.492. The van der Waals surface area contributed by atoms with Gasteiger partial charge in [0, 0.05) is 11.1 Å². The van der Waals surface area contributed by atoms with E-state index in [0.717, 1.165) is 22.3 Å². The quantitative estimate of drug-likeness (QED) is 0.285. The molecule has 0 spiro atoms. The van der Waals surface area contributed by atoms with Gasteiger partial charge in [0.25, 0.3) is 14.7 Å². The molecule has 6 rings (SSSR count). The van der Waals surface area contributed by atoms with Crippen LogP contribution in [0, 0.1) is 0 Å². The van der Waals surface area contributed by atoms with Crippen molar-refractivity contribution in [2.45, 2.75) is 0 Å². The molecule has 0 bridgehead atoms. The van der Waals surface area contributed by atoms with Gasteiger partial charge in [-0.05, 0) is 35.4 Å². The number of hydrogen-bond donors (Lipinski definition) is 0. The van der Waals surface area contributed by atoms with E-state index in [-0.39, 0.29) is 23.8 Å². The molecule has 188 valence electrons. The summed E-state index contributed by atoms with van der Waals surface area (Å²) in [5.74, 6) is 0.271. The molecule has 0 aromatic heterocycles. The second kappa shape index (κ2) is 9.02. The van der Waals surface area contributed by atoms with Crippen molar-refractivity contribution in [2.24, 2.45) is 0 Å². The van der Waals surface area contributed by atoms with E-state index in [9.17, 15) is 17.5 Å². The topological polar surface area (TPSA) is 86.7 Å². The Morgan fingerprint density at radius 1 is 0.514 bits per heavy atom. The fourth-order valence-corrected chi connectivity index (χ4v) is 12.8. The number of para-hydroxylation sites is 2. The normalized spacial score (nSPS) is 21.4. The highest BCUT2D eigenvalue weighted by Gasteiger charge is 2.39. The monoisotopic (exact) mass is 550 g/mol. The Hall–Kier alpha value is -3.11. The van der Waals surface area contributed by atoms with E-state index in [2.05, 4.69) is 0 Å². The van der Waals surface area contributed by atoms with Crippen LogP contribution < -0.4 is 19.7 Å². The molecule has 37 heavy (non-hydrogen) atoms. The Morgan fingerprint density at radius 2 is 0.865 bits per heavy atom. The third-order valence-corrected chi connectivity index (χ3v) is 13.9. The smallest absolute Gasteiger partial charge is 0.278 e. The highest BCUT2D eigenvalue weighted by molar-refractivity contribution is 7.92. The summed E-state index contributed by atoms with van der Waals surface area (Å²) in [5.41, 5.74) is 3.25. The van der Waals surface area contributed by atoms with Gasteiger partial charge in [-0.3, -0.25) is 9.13 Å². The first kappa shape index (κ1) is 24.2. The van der Waals surface area contributed by atoms with E-state index in [1.807, 2.05) is 48.5 Å². The average Bonchev–Trinajstić information content (AvgIpc) is 2.92. The minimum absolute atomic E-state index is 0.161. The summed E-state index contributed by atoms with van der Waals surface area (Å²) in [6.07, 6.45) is -0.323. The Bertz CT molecular complexity index is 1610. The fraction of sp³-hybridized carbons (Fsp3) is 0.143. The standard InChI is InChI=1S/C28H24O6P2S/c29-35(27-15-7-3-11-23(27)21-9-1-5-13-25(21)33-35)17-19-37(31,32)20-18-36(30)28-16-8-4-12-24(28)22-10-2-6-14-26(22)34-36/h1-16H,17-20H2. The maximum atomic E-state index is 14.0. The number of fused-ring (bicyclic) bond motifs is 6. The second-order valence-corrected chi connectivity index (χ2v) is 16.4. The van der Waals surface area contributed by atoms with Gasteiger partial charge in [-0.15, -0.1) is 0 Å². The highest BCUT2D eigenvalue weighted by Crippen LogP contribution is 2.56. The summed E-state index contributed by atoms with van der Waals surface area (Å²) in [6.45, 7) is 0. The van der Waals surface area contributed by atoms with Gasteiger partial charge in [0.1, 0.15) is 11.5 Å². The first-order chi connectivity index (χ1) is 17.8. The molecule has 2 aliphatic rings. The lowest BCUT2D eigenvalue weighted by atomic mass is 10.0. The molecule has 2 aliphatic heterocycles. The zero-order valence-corrected chi connectivity index (χ0v) is 22.4. The molecule has 0 N–H and O–H groups in total. The Morgan fingerprint density at radius 3 is 1.30 bits per heavy atom. The Kier molecular flexibility index (Phi) is 5.91. The van der Waals surface area contributed by atoms with E-state index in [1.165, 1.54) is 0 Å². The summed E-state index contributed by atoms with van der Waals surface area (Å²) in [7, 11) is -10.7. The SMILES string of the molecule is O=P1(CCS(=O)(=O)CCP2(=O)Oc3ccccc3-c3ccccc32)Oc2ccccc2-c2ccccc21. The molecule has 0 fully saturated rings. The van der Waals surface area contributed by atoms with E-state index in [1.54, 1.807) is 48.5 Å². The first-order valence-electron chi connectivity index (χ1n) is 11.9. The van der Waals surface area contributed by atoms with Crippen LogP contribution in [0.1, 0.15) is 0 Å². The summed E-state index contributed by atoms with van der Waals surface area (Å²) >= 11 is 0. The third-order valence-electron chi connectivity index (χ3n) is 6.78. The molecule has 0 amide bonds. The fourth-order valence-electron chi connectivity index (χ4n) is 4.90. The number of benzene rings is 4. The zero-order chi connectivity index (χ0) is 25.7. The minimum atomic E-state index is -3.72. The van der Waals surface area contributed by atoms with Crippen LogP contribution in [0.2, 0.25) is 0 Å². The van der Waals surface area contributed by atoms with Gasteiger partial charge in [-0.2, -0.15) is 0 Å². The van der Waals surface area contributed by atoms with E-state index >= 15 is 0 Å². The van der Waals surface area contributed by atoms with Crippen molar-refractivity contribution in [1.82, 2.24) is 0 Å². The summed E-state index contributed by atoms with van der Waals surface area (Å²) in [4.78, 5) is 0. The van der Waals surface area contributed by atoms with E-state index in [0.29, 0.717) is 22.1 Å². The van der Waals surface area contributed by atoms with Crippen molar-refractivity contribution in [3.63, 3.8) is 0 Å². The summed E-state index contributed by atoms with van der Waals surface area (Å²) in [5, 5.41) is 1.05. The van der Waals surface area contributed by atoms with E-state index < -0.39 is 24.6 Å². The molecular weight excluding hydrogens is 526 g/mol. The van der Waals surface area contributed by atoms with Crippen LogP contribution in [0.25, 0.3) is 22.3 Å². The van der Waals surface area contributed by atoms with Crippen LogP contribution in [0.5, 0.6) is 11.5 Å². The maximum absolute atomic E-state index is 14.0. The average molecular weight is 551 g/mol. The molecule has 0 saturated carbocycles. The van der Waals surface area contributed by atoms with Gasteiger partial charge >= 0.3 is 0 Å². The molecule has 0 aliphatic carbocycles. The van der Waals surface area contributed by atoms with Crippen molar-refractivity contribution in [1.29, 1.82) is 0 Å². The zero-order valence-electron chi connectivity index (χ0n) is 19.8. The van der Waals surface area contributed by atoms with Crippen molar-refractivity contribution in [3.8, 4) is 33.8 Å². The Labute approximate surface area is 216 Å². The molecule has 4 aromatic carbocycles. The van der Waals surface area contributed by atoms with Crippen LogP contribution in [0.4, 0.5) is 0 Å². The summed E-state index contributed by atoms with van der Waals surface area (Å²) in [6, 6.07) is 29.1. The van der Waals surface area contributed by atoms with Crippen molar-refractivity contribution >= 4 is 35.2 Å². The number of rotatable bonds is 6. The Balaban J connectivity index is 1.23. The first-order valence-corrected chi connectivity index (χ1v) is 17.4. The molecule has 9 heteroatoms. The molecule has 6 nitrogen and oxygen atoms in total. The van der Waals surface area contributed by atoms with Crippen LogP contribution in [0.3, 0.4) is 0 Å². The van der Waals surface area contributed by atoms with Crippen molar-refractivity contribution < 1.29 is 26.6 Å². The maximum Gasteiger partial charge on any atom is 0.278 e. The van der Waals surface area contributed by atoms with Crippen molar-refractivity contribution in [2.75, 3.05) is 23.8 Å². The molecular formula is C28H24O6P2S. The molecule has 2 heterocycles. The number of sulfone groups is 1.